The first-order valence-electron chi connectivity index (χ1n) is 7.95. The summed E-state index contributed by atoms with van der Waals surface area (Å²) in [5, 5.41) is 5.38. The predicted octanol–water partition coefficient (Wildman–Crippen LogP) is 2.50. The summed E-state index contributed by atoms with van der Waals surface area (Å²) in [5.41, 5.74) is 6.22. The van der Waals surface area contributed by atoms with Crippen LogP contribution in [0.25, 0.3) is 0 Å². The third kappa shape index (κ3) is 4.81. The number of hydrogen-bond donors (Lipinski definition) is 4. The maximum Gasteiger partial charge on any atom is 0.337 e. The maximum absolute atomic E-state index is 12.0. The van der Waals surface area contributed by atoms with Crippen LogP contribution < -0.4 is 21.5 Å². The van der Waals surface area contributed by atoms with Gasteiger partial charge in [0, 0.05) is 22.9 Å². The lowest BCUT2D eigenvalue weighted by molar-refractivity contribution is -0.117. The summed E-state index contributed by atoms with van der Waals surface area (Å²) in [6, 6.07) is 14.8. The van der Waals surface area contributed by atoms with E-state index in [9.17, 15) is 14.4 Å². The Balaban J connectivity index is 1.47. The fraction of sp³-hybridized carbons (Fsp3) is 0.167. The molecule has 4 N–H and O–H groups in total. The van der Waals surface area contributed by atoms with Crippen molar-refractivity contribution in [2.45, 2.75) is 12.8 Å². The average Bonchev–Trinajstić information content (AvgIpc) is 3.46. The van der Waals surface area contributed by atoms with Crippen molar-refractivity contribution in [2.75, 3.05) is 10.6 Å². The highest BCUT2D eigenvalue weighted by Crippen LogP contribution is 2.30. The Hall–Kier alpha value is -3.35. The highest BCUT2D eigenvalue weighted by Gasteiger charge is 2.29. The molecule has 7 heteroatoms. The van der Waals surface area contributed by atoms with Crippen molar-refractivity contribution in [1.82, 2.24) is 10.9 Å². The van der Waals surface area contributed by atoms with Gasteiger partial charge in [0.05, 0.1) is 0 Å². The number of amides is 4. The van der Waals surface area contributed by atoms with Crippen LogP contribution in [0.15, 0.2) is 54.6 Å². The Kier molecular flexibility index (Phi) is 4.94. The molecule has 4 amide bonds. The lowest BCUT2D eigenvalue weighted by Crippen LogP contribution is -2.43. The molecule has 0 unspecified atom stereocenters. The Bertz CT molecular complexity index is 771. The number of anilines is 2. The summed E-state index contributed by atoms with van der Waals surface area (Å²) in [6.45, 7) is 0. The fourth-order valence-electron chi connectivity index (χ4n) is 2.16. The van der Waals surface area contributed by atoms with Crippen LogP contribution >= 0.6 is 0 Å². The first-order valence-corrected chi connectivity index (χ1v) is 7.95. The summed E-state index contributed by atoms with van der Waals surface area (Å²) in [7, 11) is 0. The molecule has 128 valence electrons. The van der Waals surface area contributed by atoms with Gasteiger partial charge in [-0.15, -0.1) is 0 Å². The standard InChI is InChI=1S/C18H18N4O3/c23-16(12-6-7-12)19-15-10-8-13(9-11-15)17(24)21-22-18(25)20-14-4-2-1-3-5-14/h1-5,8-12H,6-7H2,(H,19,23)(H,21,24)(H2,20,22,25). The van der Waals surface area contributed by atoms with Gasteiger partial charge in [0.15, 0.2) is 0 Å². The highest BCUT2D eigenvalue weighted by atomic mass is 16.2. The van der Waals surface area contributed by atoms with Crippen molar-refractivity contribution in [3.8, 4) is 0 Å². The Morgan fingerprint density at radius 3 is 2.04 bits per heavy atom. The molecule has 1 aliphatic rings. The summed E-state index contributed by atoms with van der Waals surface area (Å²) < 4.78 is 0. The molecule has 3 rings (SSSR count). The van der Waals surface area contributed by atoms with Crippen molar-refractivity contribution in [1.29, 1.82) is 0 Å². The van der Waals surface area contributed by atoms with Gasteiger partial charge in [-0.25, -0.2) is 10.2 Å². The number of hydrogen-bond acceptors (Lipinski definition) is 3. The summed E-state index contributed by atoms with van der Waals surface area (Å²) in [6.07, 6.45) is 1.87. The molecule has 0 heterocycles. The molecule has 0 saturated heterocycles. The summed E-state index contributed by atoms with van der Waals surface area (Å²) in [5.74, 6) is -0.324. The molecule has 0 atom stereocenters. The van der Waals surface area contributed by atoms with E-state index in [1.54, 1.807) is 48.5 Å². The first kappa shape index (κ1) is 16.5. The van der Waals surface area contributed by atoms with Crippen LogP contribution in [-0.4, -0.2) is 17.8 Å². The summed E-state index contributed by atoms with van der Waals surface area (Å²) in [4.78, 5) is 35.4. The van der Waals surface area contributed by atoms with Crippen LogP contribution in [0, 0.1) is 5.92 Å². The second kappa shape index (κ2) is 7.48. The molecule has 0 aromatic heterocycles. The molecular formula is C18H18N4O3. The summed E-state index contributed by atoms with van der Waals surface area (Å²) >= 11 is 0. The van der Waals surface area contributed by atoms with E-state index >= 15 is 0 Å². The highest BCUT2D eigenvalue weighted by molar-refractivity contribution is 5.98. The Labute approximate surface area is 144 Å². The van der Waals surface area contributed by atoms with Gasteiger partial charge in [-0.05, 0) is 49.2 Å². The largest absolute Gasteiger partial charge is 0.337 e. The second-order valence-corrected chi connectivity index (χ2v) is 5.74. The van der Waals surface area contributed by atoms with Crippen molar-refractivity contribution in [3.05, 3.63) is 60.2 Å². The van der Waals surface area contributed by atoms with Crippen LogP contribution in [0.2, 0.25) is 0 Å². The fourth-order valence-corrected chi connectivity index (χ4v) is 2.16. The van der Waals surface area contributed by atoms with Gasteiger partial charge in [-0.1, -0.05) is 18.2 Å². The molecule has 1 aliphatic carbocycles. The monoisotopic (exact) mass is 338 g/mol. The van der Waals surface area contributed by atoms with E-state index in [1.165, 1.54) is 0 Å². The lowest BCUT2D eigenvalue weighted by atomic mass is 10.2. The van der Waals surface area contributed by atoms with Gasteiger partial charge in [-0.2, -0.15) is 0 Å². The van der Waals surface area contributed by atoms with E-state index in [0.717, 1.165) is 12.8 Å². The van der Waals surface area contributed by atoms with E-state index in [2.05, 4.69) is 21.5 Å². The Morgan fingerprint density at radius 1 is 0.760 bits per heavy atom. The number of carbonyl (C=O) groups excluding carboxylic acids is 3. The number of rotatable bonds is 4. The quantitative estimate of drug-likeness (QED) is 0.645. The molecule has 0 spiro atoms. The minimum Gasteiger partial charge on any atom is -0.326 e. The number of urea groups is 1. The smallest absolute Gasteiger partial charge is 0.326 e. The Morgan fingerprint density at radius 2 is 1.40 bits per heavy atom. The van der Waals surface area contributed by atoms with E-state index in [4.69, 9.17) is 0 Å². The molecule has 2 aromatic rings. The SMILES string of the molecule is O=C(NNC(=O)c1ccc(NC(=O)C2CC2)cc1)Nc1ccccc1. The van der Waals surface area contributed by atoms with Gasteiger partial charge in [0.25, 0.3) is 5.91 Å². The average molecular weight is 338 g/mol. The minimum absolute atomic E-state index is 0.0106. The normalized spacial score (nSPS) is 12.8. The van der Waals surface area contributed by atoms with Crippen molar-refractivity contribution < 1.29 is 14.4 Å². The third-order valence-corrected chi connectivity index (χ3v) is 3.68. The van der Waals surface area contributed by atoms with Gasteiger partial charge in [-0.3, -0.25) is 15.0 Å². The zero-order valence-corrected chi connectivity index (χ0v) is 13.4. The van der Waals surface area contributed by atoms with Crippen LogP contribution in [0.4, 0.5) is 16.2 Å². The molecular weight excluding hydrogens is 320 g/mol. The number of nitrogens with one attached hydrogen (secondary N) is 4. The van der Waals surface area contributed by atoms with Gasteiger partial charge in [0.1, 0.15) is 0 Å². The predicted molar refractivity (Wildman–Crippen MR) is 93.9 cm³/mol. The van der Waals surface area contributed by atoms with Crippen molar-refractivity contribution in [2.24, 2.45) is 5.92 Å². The number of para-hydroxylation sites is 1. The van der Waals surface area contributed by atoms with Crippen molar-refractivity contribution in [3.63, 3.8) is 0 Å². The van der Waals surface area contributed by atoms with Gasteiger partial charge >= 0.3 is 6.03 Å². The van der Waals surface area contributed by atoms with E-state index in [1.807, 2.05) is 6.07 Å². The molecule has 1 saturated carbocycles. The molecule has 7 nitrogen and oxygen atoms in total. The zero-order chi connectivity index (χ0) is 17.6. The molecule has 25 heavy (non-hydrogen) atoms. The van der Waals surface area contributed by atoms with Crippen molar-refractivity contribution >= 4 is 29.2 Å². The molecule has 0 aliphatic heterocycles. The van der Waals surface area contributed by atoms with E-state index < -0.39 is 11.9 Å². The van der Waals surface area contributed by atoms with Crippen LogP contribution in [0.3, 0.4) is 0 Å². The molecule has 2 aromatic carbocycles. The number of hydrazine groups is 1. The van der Waals surface area contributed by atoms with Crippen LogP contribution in [0.5, 0.6) is 0 Å². The number of benzene rings is 2. The molecule has 1 fully saturated rings. The number of carbonyl (C=O) groups is 3. The van der Waals surface area contributed by atoms with Gasteiger partial charge in [0.2, 0.25) is 5.91 Å². The first-order chi connectivity index (χ1) is 12.1. The van der Waals surface area contributed by atoms with Gasteiger partial charge < -0.3 is 10.6 Å². The topological polar surface area (TPSA) is 99.3 Å². The molecule has 0 bridgehead atoms. The third-order valence-electron chi connectivity index (χ3n) is 3.68. The van der Waals surface area contributed by atoms with E-state index in [0.29, 0.717) is 16.9 Å². The maximum atomic E-state index is 12.0. The van der Waals surface area contributed by atoms with Crippen LogP contribution in [-0.2, 0) is 4.79 Å². The minimum atomic E-state index is -0.548. The second-order valence-electron chi connectivity index (χ2n) is 5.74. The van der Waals surface area contributed by atoms with Crippen LogP contribution in [0.1, 0.15) is 23.2 Å². The van der Waals surface area contributed by atoms with E-state index in [-0.39, 0.29) is 11.8 Å². The zero-order valence-electron chi connectivity index (χ0n) is 13.4. The lowest BCUT2D eigenvalue weighted by Gasteiger charge is -2.09. The molecule has 0 radical (unpaired) electrons.